The van der Waals surface area contributed by atoms with Crippen molar-refractivity contribution >= 4 is 22.5 Å². The molecule has 1 fully saturated rings. The minimum atomic E-state index is -4.47. The standard InChI is InChI=1S/C22H29F3N4O/c1-14-10-15(28(4)19(30)11-21(2,3)26)13-29(12-14)18-8-7-17(22(23,24)25)20-16(18)6-5-9-27-20/h5-9,14-15H,10-13,26H2,1-4H3. The van der Waals surface area contributed by atoms with Gasteiger partial charge in [-0.15, -0.1) is 0 Å². The lowest BCUT2D eigenvalue weighted by Crippen LogP contribution is -2.52. The van der Waals surface area contributed by atoms with Gasteiger partial charge in [0.25, 0.3) is 0 Å². The zero-order chi connectivity index (χ0) is 22.3. The molecule has 0 aliphatic carbocycles. The summed E-state index contributed by atoms with van der Waals surface area (Å²) in [6.07, 6.45) is -2.02. The Kier molecular flexibility index (Phi) is 6.00. The SMILES string of the molecule is CC1CC(N(C)C(=O)CC(C)(C)N)CN(c2ccc(C(F)(F)F)c3ncccc23)C1. The summed E-state index contributed by atoms with van der Waals surface area (Å²) in [6.45, 7) is 6.98. The normalized spacial score (nSPS) is 20.5. The van der Waals surface area contributed by atoms with Crippen LogP contribution in [0.3, 0.4) is 0 Å². The molecule has 164 valence electrons. The third-order valence-corrected chi connectivity index (χ3v) is 5.58. The van der Waals surface area contributed by atoms with Crippen LogP contribution in [-0.4, -0.2) is 47.5 Å². The van der Waals surface area contributed by atoms with E-state index in [0.29, 0.717) is 24.2 Å². The quantitative estimate of drug-likeness (QED) is 0.807. The molecule has 1 aliphatic rings. The van der Waals surface area contributed by atoms with Crippen molar-refractivity contribution < 1.29 is 18.0 Å². The topological polar surface area (TPSA) is 62.5 Å². The number of likely N-dealkylation sites (N-methyl/N-ethyl adjacent to an activating group) is 1. The average Bonchev–Trinajstić information content (AvgIpc) is 2.63. The van der Waals surface area contributed by atoms with Gasteiger partial charge in [-0.1, -0.05) is 6.92 Å². The highest BCUT2D eigenvalue weighted by molar-refractivity contribution is 5.94. The Bertz CT molecular complexity index is 923. The zero-order valence-corrected chi connectivity index (χ0v) is 17.8. The van der Waals surface area contributed by atoms with Gasteiger partial charge in [0, 0.05) is 55.4 Å². The molecule has 2 unspecified atom stereocenters. The van der Waals surface area contributed by atoms with Crippen molar-refractivity contribution in [1.82, 2.24) is 9.88 Å². The van der Waals surface area contributed by atoms with Crippen LogP contribution in [-0.2, 0) is 11.0 Å². The molecular formula is C22H29F3N4O. The summed E-state index contributed by atoms with van der Waals surface area (Å²) in [5.41, 5.74) is 5.33. The highest BCUT2D eigenvalue weighted by Crippen LogP contribution is 2.38. The van der Waals surface area contributed by atoms with E-state index in [4.69, 9.17) is 5.73 Å². The number of fused-ring (bicyclic) bond motifs is 1. The first kappa shape index (κ1) is 22.3. The van der Waals surface area contributed by atoms with Crippen molar-refractivity contribution in [3.05, 3.63) is 36.0 Å². The second-order valence-electron chi connectivity index (χ2n) is 9.10. The van der Waals surface area contributed by atoms with E-state index in [9.17, 15) is 18.0 Å². The fourth-order valence-electron chi connectivity index (χ4n) is 4.18. The van der Waals surface area contributed by atoms with Crippen molar-refractivity contribution in [2.75, 3.05) is 25.0 Å². The van der Waals surface area contributed by atoms with Crippen LogP contribution in [0.1, 0.15) is 39.2 Å². The number of nitrogens with zero attached hydrogens (tertiary/aromatic N) is 3. The molecule has 8 heteroatoms. The highest BCUT2D eigenvalue weighted by Gasteiger charge is 2.35. The van der Waals surface area contributed by atoms with Gasteiger partial charge in [-0.05, 0) is 50.5 Å². The van der Waals surface area contributed by atoms with E-state index in [2.05, 4.69) is 16.8 Å². The van der Waals surface area contributed by atoms with Crippen LogP contribution in [0.2, 0.25) is 0 Å². The van der Waals surface area contributed by atoms with Gasteiger partial charge in [-0.3, -0.25) is 9.78 Å². The molecule has 1 aromatic heterocycles. The van der Waals surface area contributed by atoms with Crippen LogP contribution >= 0.6 is 0 Å². The highest BCUT2D eigenvalue weighted by atomic mass is 19.4. The summed E-state index contributed by atoms with van der Waals surface area (Å²) in [6, 6.07) is 5.90. The zero-order valence-electron chi connectivity index (χ0n) is 17.8. The van der Waals surface area contributed by atoms with Gasteiger partial charge >= 0.3 is 6.18 Å². The van der Waals surface area contributed by atoms with Gasteiger partial charge in [0.2, 0.25) is 5.91 Å². The van der Waals surface area contributed by atoms with Crippen LogP contribution in [0.4, 0.5) is 18.9 Å². The number of aromatic nitrogens is 1. The van der Waals surface area contributed by atoms with E-state index >= 15 is 0 Å². The third kappa shape index (κ3) is 4.86. The number of pyridine rings is 1. The molecule has 2 heterocycles. The minimum absolute atomic E-state index is 0.0273. The number of benzene rings is 1. The average molecular weight is 422 g/mol. The van der Waals surface area contributed by atoms with Crippen molar-refractivity contribution in [1.29, 1.82) is 0 Å². The first-order chi connectivity index (χ1) is 13.9. The second kappa shape index (κ2) is 8.06. The maximum absolute atomic E-state index is 13.4. The maximum Gasteiger partial charge on any atom is 0.418 e. The molecular weight excluding hydrogens is 393 g/mol. The molecule has 1 aliphatic heterocycles. The predicted octanol–water partition coefficient (Wildman–Crippen LogP) is 4.05. The molecule has 2 N–H and O–H groups in total. The molecule has 2 atom stereocenters. The summed E-state index contributed by atoms with van der Waals surface area (Å²) in [4.78, 5) is 20.5. The molecule has 1 aromatic carbocycles. The Hall–Kier alpha value is -2.35. The van der Waals surface area contributed by atoms with Gasteiger partial charge in [0.1, 0.15) is 0 Å². The second-order valence-corrected chi connectivity index (χ2v) is 9.10. The molecule has 1 saturated heterocycles. The largest absolute Gasteiger partial charge is 0.418 e. The number of carbonyl (C=O) groups is 1. The summed E-state index contributed by atoms with van der Waals surface area (Å²) in [7, 11) is 1.78. The molecule has 3 rings (SSSR count). The summed E-state index contributed by atoms with van der Waals surface area (Å²) in [5.74, 6) is 0.249. The fraction of sp³-hybridized carbons (Fsp3) is 0.545. The number of rotatable bonds is 4. The first-order valence-electron chi connectivity index (χ1n) is 10.1. The number of hydrogen-bond donors (Lipinski definition) is 1. The number of hydrogen-bond acceptors (Lipinski definition) is 4. The van der Waals surface area contributed by atoms with Gasteiger partial charge < -0.3 is 15.5 Å². The van der Waals surface area contributed by atoms with E-state index in [1.807, 2.05) is 13.8 Å². The van der Waals surface area contributed by atoms with Crippen LogP contribution in [0.15, 0.2) is 30.5 Å². The minimum Gasteiger partial charge on any atom is -0.369 e. The van der Waals surface area contributed by atoms with E-state index in [0.717, 1.165) is 12.5 Å². The number of carbonyl (C=O) groups excluding carboxylic acids is 1. The third-order valence-electron chi connectivity index (χ3n) is 5.58. The Morgan fingerprint density at radius 3 is 2.60 bits per heavy atom. The Labute approximate surface area is 175 Å². The molecule has 5 nitrogen and oxygen atoms in total. The Morgan fingerprint density at radius 1 is 1.27 bits per heavy atom. The van der Waals surface area contributed by atoms with Crippen LogP contribution < -0.4 is 10.6 Å². The number of piperidine rings is 1. The summed E-state index contributed by atoms with van der Waals surface area (Å²) in [5, 5.41) is 0.470. The first-order valence-corrected chi connectivity index (χ1v) is 10.1. The van der Waals surface area contributed by atoms with Crippen LogP contribution in [0, 0.1) is 5.92 Å². The summed E-state index contributed by atoms with van der Waals surface area (Å²) >= 11 is 0. The van der Waals surface area contributed by atoms with Crippen LogP contribution in [0.25, 0.3) is 10.9 Å². The molecule has 0 saturated carbocycles. The van der Waals surface area contributed by atoms with E-state index in [1.165, 1.54) is 12.3 Å². The Morgan fingerprint density at radius 2 is 1.97 bits per heavy atom. The van der Waals surface area contributed by atoms with Crippen molar-refractivity contribution in [3.63, 3.8) is 0 Å². The lowest BCUT2D eigenvalue weighted by Gasteiger charge is -2.42. The Balaban J connectivity index is 1.93. The number of amides is 1. The number of alkyl halides is 3. The fourth-order valence-corrected chi connectivity index (χ4v) is 4.18. The predicted molar refractivity (Wildman–Crippen MR) is 112 cm³/mol. The van der Waals surface area contributed by atoms with Crippen molar-refractivity contribution in [3.8, 4) is 0 Å². The van der Waals surface area contributed by atoms with E-state index in [-0.39, 0.29) is 29.8 Å². The monoisotopic (exact) mass is 422 g/mol. The van der Waals surface area contributed by atoms with E-state index < -0.39 is 17.3 Å². The smallest absolute Gasteiger partial charge is 0.369 e. The van der Waals surface area contributed by atoms with E-state index in [1.54, 1.807) is 24.1 Å². The molecule has 0 spiro atoms. The van der Waals surface area contributed by atoms with Crippen LogP contribution in [0.5, 0.6) is 0 Å². The molecule has 2 aromatic rings. The lowest BCUT2D eigenvalue weighted by atomic mass is 9.92. The summed E-state index contributed by atoms with van der Waals surface area (Å²) < 4.78 is 40.3. The molecule has 30 heavy (non-hydrogen) atoms. The van der Waals surface area contributed by atoms with Gasteiger partial charge in [-0.2, -0.15) is 13.2 Å². The van der Waals surface area contributed by atoms with Gasteiger partial charge in [0.05, 0.1) is 11.1 Å². The number of halogens is 3. The van der Waals surface area contributed by atoms with Crippen molar-refractivity contribution in [2.24, 2.45) is 11.7 Å². The number of anilines is 1. The van der Waals surface area contributed by atoms with Gasteiger partial charge in [0.15, 0.2) is 0 Å². The molecule has 1 amide bonds. The van der Waals surface area contributed by atoms with Crippen molar-refractivity contribution in [2.45, 2.75) is 51.4 Å². The molecule has 0 radical (unpaired) electrons. The maximum atomic E-state index is 13.4. The number of nitrogens with two attached hydrogens (primary N) is 1. The van der Waals surface area contributed by atoms with Gasteiger partial charge in [-0.25, -0.2) is 0 Å². The lowest BCUT2D eigenvalue weighted by molar-refractivity contribution is -0.136. The molecule has 0 bridgehead atoms.